The van der Waals surface area contributed by atoms with Gasteiger partial charge in [0.2, 0.25) is 0 Å². The zero-order chi connectivity index (χ0) is 21.2. The normalized spacial score (nSPS) is 17.6. The molecule has 1 aliphatic rings. The first-order valence-corrected chi connectivity index (χ1v) is 9.57. The molecule has 156 valence electrons. The second-order valence-electron chi connectivity index (χ2n) is 6.70. The smallest absolute Gasteiger partial charge is 0.295 e. The second kappa shape index (κ2) is 8.32. The zero-order valence-electron chi connectivity index (χ0n) is 15.5. The largest absolute Gasteiger partial charge is 0.484 e. The fourth-order valence-corrected chi connectivity index (χ4v) is 3.84. The first kappa shape index (κ1) is 21.6. The van der Waals surface area contributed by atoms with Gasteiger partial charge in [0.15, 0.2) is 12.2 Å². The fourth-order valence-electron chi connectivity index (χ4n) is 3.52. The summed E-state index contributed by atoms with van der Waals surface area (Å²) in [6.45, 7) is -0.845. The van der Waals surface area contributed by atoms with Gasteiger partial charge in [0.05, 0.1) is 13.2 Å². The summed E-state index contributed by atoms with van der Waals surface area (Å²) in [6.07, 6.45) is 0. The predicted octanol–water partition coefficient (Wildman–Crippen LogP) is 1.56. The third kappa shape index (κ3) is 3.85. The maximum atomic E-state index is 14.5. The molecular formula is C20H22F2NO5P. The number of ether oxygens (including phenoxy) is 1. The number of rotatable bonds is 8. The average Bonchev–Trinajstić information content (AvgIpc) is 2.96. The molecule has 1 aliphatic carbocycles. The number of hydrogen-bond donors (Lipinski definition) is 3. The topological polar surface area (TPSA) is 90.2 Å². The number of aliphatic hydroxyl groups is 3. The Morgan fingerprint density at radius 1 is 1.07 bits per heavy atom. The van der Waals surface area contributed by atoms with Crippen LogP contribution in [-0.2, 0) is 10.4 Å². The van der Waals surface area contributed by atoms with Crippen LogP contribution in [0.15, 0.2) is 42.5 Å². The van der Waals surface area contributed by atoms with Crippen LogP contribution in [0.3, 0.4) is 0 Å². The van der Waals surface area contributed by atoms with E-state index < -0.39 is 23.8 Å². The van der Waals surface area contributed by atoms with E-state index in [1.165, 1.54) is 32.3 Å². The molecule has 1 amide bonds. The van der Waals surface area contributed by atoms with Crippen LogP contribution in [0, 0.1) is 0 Å². The number of alkyl halides is 2. The Hall–Kier alpha value is -2.12. The highest BCUT2D eigenvalue weighted by atomic mass is 31.0. The van der Waals surface area contributed by atoms with Gasteiger partial charge in [-0.15, -0.1) is 0 Å². The molecule has 6 nitrogen and oxygen atoms in total. The molecule has 3 rings (SSSR count). The summed E-state index contributed by atoms with van der Waals surface area (Å²) in [5.74, 6) is -0.325. The summed E-state index contributed by atoms with van der Waals surface area (Å²) < 4.78 is 34.4. The lowest BCUT2D eigenvalue weighted by atomic mass is 9.91. The molecule has 2 unspecified atom stereocenters. The minimum atomic E-state index is -3.54. The van der Waals surface area contributed by atoms with E-state index in [0.717, 1.165) is 0 Å². The number of carbonyl (C=O) groups is 1. The van der Waals surface area contributed by atoms with Crippen LogP contribution in [0.25, 0.3) is 11.1 Å². The molecule has 2 atom stereocenters. The average molecular weight is 425 g/mol. The van der Waals surface area contributed by atoms with Crippen LogP contribution in [0.5, 0.6) is 5.75 Å². The molecule has 0 bridgehead atoms. The molecule has 0 aromatic heterocycles. The van der Waals surface area contributed by atoms with Gasteiger partial charge >= 0.3 is 0 Å². The van der Waals surface area contributed by atoms with E-state index in [0.29, 0.717) is 11.1 Å². The molecule has 29 heavy (non-hydrogen) atoms. The van der Waals surface area contributed by atoms with Gasteiger partial charge in [-0.3, -0.25) is 4.79 Å². The highest BCUT2D eigenvalue weighted by Gasteiger charge is 2.56. The van der Waals surface area contributed by atoms with Gasteiger partial charge in [-0.05, 0) is 23.3 Å². The quantitative estimate of drug-likeness (QED) is 0.559. The van der Waals surface area contributed by atoms with Gasteiger partial charge in [-0.1, -0.05) is 39.6 Å². The van der Waals surface area contributed by atoms with Crippen molar-refractivity contribution in [3.05, 3.63) is 53.6 Å². The predicted molar refractivity (Wildman–Crippen MR) is 106 cm³/mol. The molecule has 2 aromatic carbocycles. The van der Waals surface area contributed by atoms with Gasteiger partial charge < -0.3 is 25.0 Å². The van der Waals surface area contributed by atoms with E-state index in [4.69, 9.17) is 14.9 Å². The summed E-state index contributed by atoms with van der Waals surface area (Å²) in [4.78, 5) is 13.4. The van der Waals surface area contributed by atoms with Crippen LogP contribution in [-0.4, -0.2) is 64.7 Å². The van der Waals surface area contributed by atoms with Crippen molar-refractivity contribution in [3.8, 4) is 16.9 Å². The fraction of sp³-hybridized carbons (Fsp3) is 0.350. The molecule has 0 saturated heterocycles. The van der Waals surface area contributed by atoms with E-state index in [1.807, 2.05) is 0 Å². The number of carbonyl (C=O) groups excluding carboxylic acids is 1. The number of aliphatic hydroxyl groups excluding tert-OH is 2. The van der Waals surface area contributed by atoms with Gasteiger partial charge in [0.25, 0.3) is 11.6 Å². The van der Waals surface area contributed by atoms with E-state index in [2.05, 4.69) is 0 Å². The van der Waals surface area contributed by atoms with Gasteiger partial charge in [-0.2, -0.15) is 8.78 Å². The Kier molecular flexibility index (Phi) is 6.19. The lowest BCUT2D eigenvalue weighted by Crippen LogP contribution is -2.40. The van der Waals surface area contributed by atoms with Gasteiger partial charge in [0, 0.05) is 24.2 Å². The molecule has 0 spiro atoms. The summed E-state index contributed by atoms with van der Waals surface area (Å²) in [5.41, 5.74) is -5.03. The monoisotopic (exact) mass is 425 g/mol. The molecule has 0 heterocycles. The van der Waals surface area contributed by atoms with Crippen LogP contribution >= 0.6 is 9.24 Å². The number of amides is 1. The first-order chi connectivity index (χ1) is 13.7. The summed E-state index contributed by atoms with van der Waals surface area (Å²) in [7, 11) is 1.40. The SMILES string of the molecule is O=C(COc1ccc2c(c1)C(O)(C(F)(F)P)c1ccccc1-2)N(CCO)CCO. The molecule has 0 fully saturated rings. The Balaban J connectivity index is 1.89. The van der Waals surface area contributed by atoms with Crippen molar-refractivity contribution in [1.29, 1.82) is 0 Å². The van der Waals surface area contributed by atoms with Crippen molar-refractivity contribution in [3.63, 3.8) is 0 Å². The second-order valence-corrected chi connectivity index (χ2v) is 7.43. The third-order valence-corrected chi connectivity index (χ3v) is 5.34. The number of nitrogens with zero attached hydrogens (tertiary/aromatic N) is 1. The van der Waals surface area contributed by atoms with Crippen molar-refractivity contribution < 1.29 is 33.6 Å². The van der Waals surface area contributed by atoms with E-state index in [1.54, 1.807) is 24.3 Å². The minimum absolute atomic E-state index is 0.00813. The van der Waals surface area contributed by atoms with Crippen molar-refractivity contribution in [1.82, 2.24) is 4.90 Å². The highest BCUT2D eigenvalue weighted by molar-refractivity contribution is 7.18. The zero-order valence-corrected chi connectivity index (χ0v) is 16.7. The van der Waals surface area contributed by atoms with Crippen LogP contribution < -0.4 is 4.74 Å². The van der Waals surface area contributed by atoms with Gasteiger partial charge in [0.1, 0.15) is 5.75 Å². The molecule has 0 aliphatic heterocycles. The van der Waals surface area contributed by atoms with Gasteiger partial charge in [-0.25, -0.2) is 0 Å². The Morgan fingerprint density at radius 2 is 1.69 bits per heavy atom. The number of fused-ring (bicyclic) bond motifs is 3. The van der Waals surface area contributed by atoms with Crippen LogP contribution in [0.4, 0.5) is 8.78 Å². The highest BCUT2D eigenvalue weighted by Crippen LogP contribution is 2.57. The number of benzene rings is 2. The van der Waals surface area contributed by atoms with E-state index in [9.17, 15) is 18.7 Å². The Morgan fingerprint density at radius 3 is 2.31 bits per heavy atom. The lowest BCUT2D eigenvalue weighted by Gasteiger charge is -2.31. The Labute approximate surface area is 168 Å². The van der Waals surface area contributed by atoms with Crippen molar-refractivity contribution >= 4 is 15.1 Å². The maximum absolute atomic E-state index is 14.5. The standard InChI is InChI=1S/C20H22F2NO5P/c21-20(22,29)19(27)16-4-2-1-3-14(16)15-6-5-13(11-17(15)19)28-12-18(26)23(7-9-24)8-10-25/h1-6,11,24-25,27H,7-10,12,29H2. The third-order valence-electron chi connectivity index (χ3n) is 4.93. The number of hydrogen-bond acceptors (Lipinski definition) is 5. The van der Waals surface area contributed by atoms with Crippen LogP contribution in [0.1, 0.15) is 11.1 Å². The lowest BCUT2D eigenvalue weighted by molar-refractivity contribution is -0.134. The molecule has 3 N–H and O–H groups in total. The summed E-state index contributed by atoms with van der Waals surface area (Å²) in [6, 6.07) is 10.8. The van der Waals surface area contributed by atoms with Crippen molar-refractivity contribution in [2.45, 2.75) is 11.3 Å². The summed E-state index contributed by atoms with van der Waals surface area (Å²) >= 11 is 0. The molecule has 0 saturated carbocycles. The molecular weight excluding hydrogens is 403 g/mol. The molecule has 0 radical (unpaired) electrons. The maximum Gasteiger partial charge on any atom is 0.295 e. The van der Waals surface area contributed by atoms with E-state index in [-0.39, 0.29) is 43.2 Å². The van der Waals surface area contributed by atoms with E-state index >= 15 is 0 Å². The summed E-state index contributed by atoms with van der Waals surface area (Å²) in [5, 5.41) is 29.0. The minimum Gasteiger partial charge on any atom is -0.484 e. The molecule has 9 heteroatoms. The van der Waals surface area contributed by atoms with Crippen molar-refractivity contribution in [2.75, 3.05) is 32.9 Å². The van der Waals surface area contributed by atoms with Crippen molar-refractivity contribution in [2.24, 2.45) is 0 Å². The first-order valence-electron chi connectivity index (χ1n) is 8.99. The molecule has 2 aromatic rings. The number of halogens is 2. The van der Waals surface area contributed by atoms with Crippen LogP contribution in [0.2, 0.25) is 0 Å². The Bertz CT molecular complexity index is 899.